The number of allylic oxidation sites excluding steroid dienone is 4. The Kier molecular flexibility index (Phi) is 6.64. The van der Waals surface area contributed by atoms with Gasteiger partial charge in [0.2, 0.25) is 0 Å². The maximum atomic E-state index is 15.1. The van der Waals surface area contributed by atoms with E-state index in [0.29, 0.717) is 25.7 Å². The molecule has 0 bridgehead atoms. The van der Waals surface area contributed by atoms with Gasteiger partial charge in [0, 0.05) is 24.7 Å². The van der Waals surface area contributed by atoms with E-state index in [1.807, 2.05) is 0 Å². The Balaban J connectivity index is 1.63. The number of alkyl halides is 5. The number of hydrogen-bond acceptors (Lipinski definition) is 4. The van der Waals surface area contributed by atoms with Gasteiger partial charge in [-0.2, -0.15) is 22.0 Å². The molecule has 4 aliphatic carbocycles. The second kappa shape index (κ2) is 9.25. The van der Waals surface area contributed by atoms with Crippen molar-refractivity contribution in [2.45, 2.75) is 95.4 Å². The molecule has 0 aromatic heterocycles. The standard InChI is InChI=1S/C30H33F5O4/c1-16(39-17(2)36)18-4-6-19(7-5-18)24-15-27(3)25(12-13-28(27,38)29(31,32)30(33,34)35)23-10-8-20-14-21(37)9-11-22(20)26(23)24/h4-7,14,16,23-25,38H,8-13,15H2,1-3H3/t16-,23?,24-,25?,27+,28+/m1/s1. The number of carbonyl (C=O) groups excluding carboxylic acids is 2. The molecule has 2 unspecified atom stereocenters. The molecule has 2 saturated carbocycles. The molecule has 0 saturated heterocycles. The molecule has 0 radical (unpaired) electrons. The predicted octanol–water partition coefficient (Wildman–Crippen LogP) is 7.14. The number of halogens is 5. The van der Waals surface area contributed by atoms with Gasteiger partial charge < -0.3 is 9.84 Å². The predicted molar refractivity (Wildman–Crippen MR) is 133 cm³/mol. The Bertz CT molecular complexity index is 1250. The molecule has 1 N–H and O–H groups in total. The summed E-state index contributed by atoms with van der Waals surface area (Å²) in [6.07, 6.45) is -3.44. The van der Waals surface area contributed by atoms with Crippen molar-refractivity contribution in [3.63, 3.8) is 0 Å². The second-order valence-corrected chi connectivity index (χ2v) is 11.9. The number of rotatable bonds is 4. The molecule has 1 aromatic rings. The Hall–Kier alpha value is -2.55. The summed E-state index contributed by atoms with van der Waals surface area (Å²) in [7, 11) is 0. The van der Waals surface area contributed by atoms with Gasteiger partial charge in [-0.3, -0.25) is 9.59 Å². The average Bonchev–Trinajstić information content (AvgIpc) is 3.14. The number of ether oxygens (including phenoxy) is 1. The van der Waals surface area contributed by atoms with Crippen LogP contribution < -0.4 is 0 Å². The van der Waals surface area contributed by atoms with Gasteiger partial charge in [-0.25, -0.2) is 0 Å². The number of fused-ring (bicyclic) bond motifs is 4. The van der Waals surface area contributed by atoms with Crippen LogP contribution in [0.3, 0.4) is 0 Å². The van der Waals surface area contributed by atoms with Gasteiger partial charge in [-0.15, -0.1) is 0 Å². The van der Waals surface area contributed by atoms with Gasteiger partial charge in [-0.05, 0) is 85.6 Å². The van der Waals surface area contributed by atoms with E-state index < -0.39 is 53.4 Å². The van der Waals surface area contributed by atoms with Crippen molar-refractivity contribution >= 4 is 11.8 Å². The van der Waals surface area contributed by atoms with Gasteiger partial charge in [-0.1, -0.05) is 36.8 Å². The monoisotopic (exact) mass is 552 g/mol. The lowest BCUT2D eigenvalue weighted by Crippen LogP contribution is -2.65. The average molecular weight is 553 g/mol. The number of hydrogen-bond donors (Lipinski definition) is 1. The lowest BCUT2D eigenvalue weighted by Gasteiger charge is -2.56. The maximum absolute atomic E-state index is 15.1. The Morgan fingerprint density at radius 2 is 1.74 bits per heavy atom. The van der Waals surface area contributed by atoms with Crippen molar-refractivity contribution in [1.29, 1.82) is 0 Å². The largest absolute Gasteiger partial charge is 0.458 e. The molecule has 0 heterocycles. The van der Waals surface area contributed by atoms with Crippen LogP contribution in [0.2, 0.25) is 0 Å². The van der Waals surface area contributed by atoms with Crippen LogP contribution >= 0.6 is 0 Å². The molecule has 6 atom stereocenters. The molecule has 39 heavy (non-hydrogen) atoms. The zero-order valence-electron chi connectivity index (χ0n) is 22.2. The van der Waals surface area contributed by atoms with Crippen LogP contribution in [0.15, 0.2) is 47.1 Å². The molecule has 0 amide bonds. The van der Waals surface area contributed by atoms with E-state index in [4.69, 9.17) is 4.74 Å². The summed E-state index contributed by atoms with van der Waals surface area (Å²) in [5.41, 5.74) is -0.503. The minimum atomic E-state index is -5.88. The molecule has 0 aliphatic heterocycles. The van der Waals surface area contributed by atoms with Crippen molar-refractivity contribution in [1.82, 2.24) is 0 Å². The molecule has 1 aromatic carbocycles. The van der Waals surface area contributed by atoms with Crippen LogP contribution in [0, 0.1) is 17.3 Å². The van der Waals surface area contributed by atoms with Crippen LogP contribution in [0.5, 0.6) is 0 Å². The van der Waals surface area contributed by atoms with Crippen molar-refractivity contribution in [3.8, 4) is 0 Å². The van der Waals surface area contributed by atoms with E-state index in [1.165, 1.54) is 13.8 Å². The lowest BCUT2D eigenvalue weighted by molar-refractivity contribution is -0.362. The summed E-state index contributed by atoms with van der Waals surface area (Å²) >= 11 is 0. The second-order valence-electron chi connectivity index (χ2n) is 11.9. The van der Waals surface area contributed by atoms with E-state index in [1.54, 1.807) is 37.3 Å². The van der Waals surface area contributed by atoms with Gasteiger partial charge in [0.1, 0.15) is 11.7 Å². The van der Waals surface area contributed by atoms with E-state index in [-0.39, 0.29) is 24.5 Å². The SMILES string of the molecule is CC(=O)O[C@H](C)c1ccc([C@H]2C[C@@]3(C)C(CC[C@@]3(O)C(F)(F)C(F)(F)F)C3CCC4=CC(=O)CCC4=C32)cc1. The Morgan fingerprint density at radius 3 is 2.36 bits per heavy atom. The van der Waals surface area contributed by atoms with Crippen molar-refractivity contribution < 1.29 is 41.4 Å². The van der Waals surface area contributed by atoms with Gasteiger partial charge in [0.05, 0.1) is 0 Å². The summed E-state index contributed by atoms with van der Waals surface area (Å²) in [5, 5.41) is 11.3. The van der Waals surface area contributed by atoms with Crippen LogP contribution in [0.4, 0.5) is 22.0 Å². The first-order valence-corrected chi connectivity index (χ1v) is 13.5. The molecule has 0 spiro atoms. The maximum Gasteiger partial charge on any atom is 0.456 e. The fourth-order valence-electron chi connectivity index (χ4n) is 8.03. The molecular formula is C30H33F5O4. The molecule has 9 heteroatoms. The number of aliphatic hydroxyl groups is 1. The first-order valence-electron chi connectivity index (χ1n) is 13.5. The summed E-state index contributed by atoms with van der Waals surface area (Å²) in [6, 6.07) is 7.14. The van der Waals surface area contributed by atoms with Crippen molar-refractivity contribution in [3.05, 3.63) is 58.2 Å². The highest BCUT2D eigenvalue weighted by Gasteiger charge is 2.79. The minimum absolute atomic E-state index is 0.0360. The zero-order valence-corrected chi connectivity index (χ0v) is 22.2. The third kappa shape index (κ3) is 4.18. The van der Waals surface area contributed by atoms with E-state index in [2.05, 4.69) is 0 Å². The number of esters is 1. The van der Waals surface area contributed by atoms with E-state index in [0.717, 1.165) is 27.8 Å². The minimum Gasteiger partial charge on any atom is -0.458 e. The molecule has 2 fully saturated rings. The molecule has 212 valence electrons. The highest BCUT2D eigenvalue weighted by atomic mass is 19.4. The van der Waals surface area contributed by atoms with Crippen molar-refractivity contribution in [2.75, 3.05) is 0 Å². The first kappa shape index (κ1) is 28.0. The topological polar surface area (TPSA) is 63.6 Å². The summed E-state index contributed by atoms with van der Waals surface area (Å²) in [4.78, 5) is 23.6. The van der Waals surface area contributed by atoms with Crippen molar-refractivity contribution in [2.24, 2.45) is 17.3 Å². The highest BCUT2D eigenvalue weighted by molar-refractivity contribution is 5.93. The fourth-order valence-corrected chi connectivity index (χ4v) is 8.03. The van der Waals surface area contributed by atoms with Crippen LogP contribution in [0.25, 0.3) is 0 Å². The summed E-state index contributed by atoms with van der Waals surface area (Å²) in [6.45, 7) is 4.44. The van der Waals surface area contributed by atoms with Crippen LogP contribution in [0.1, 0.15) is 88.9 Å². The quantitative estimate of drug-likeness (QED) is 0.319. The lowest BCUT2D eigenvalue weighted by atomic mass is 9.50. The Labute approximate surface area is 224 Å². The normalized spacial score (nSPS) is 33.6. The van der Waals surface area contributed by atoms with Crippen LogP contribution in [-0.2, 0) is 14.3 Å². The summed E-state index contributed by atoms with van der Waals surface area (Å²) < 4.78 is 76.5. The molecule has 4 aliphatic rings. The zero-order chi connectivity index (χ0) is 28.5. The number of ketones is 1. The van der Waals surface area contributed by atoms with Crippen LogP contribution in [-0.4, -0.2) is 34.6 Å². The van der Waals surface area contributed by atoms with E-state index >= 15 is 8.78 Å². The van der Waals surface area contributed by atoms with Gasteiger partial charge in [0.25, 0.3) is 0 Å². The third-order valence-corrected chi connectivity index (χ3v) is 9.91. The molecular weight excluding hydrogens is 519 g/mol. The van der Waals surface area contributed by atoms with Gasteiger partial charge in [0.15, 0.2) is 5.78 Å². The first-order chi connectivity index (χ1) is 18.1. The summed E-state index contributed by atoms with van der Waals surface area (Å²) in [5.74, 6) is -6.99. The number of carbonyl (C=O) groups is 2. The smallest absolute Gasteiger partial charge is 0.456 e. The number of benzene rings is 1. The third-order valence-electron chi connectivity index (χ3n) is 9.91. The fraction of sp³-hybridized carbons (Fsp3) is 0.600. The Morgan fingerprint density at radius 1 is 1.08 bits per heavy atom. The highest BCUT2D eigenvalue weighted by Crippen LogP contribution is 2.70. The molecule has 5 rings (SSSR count). The van der Waals surface area contributed by atoms with E-state index in [9.17, 15) is 27.9 Å². The molecule has 4 nitrogen and oxygen atoms in total. The van der Waals surface area contributed by atoms with Gasteiger partial charge >= 0.3 is 18.1 Å².